The number of urea groups is 1. The van der Waals surface area contributed by atoms with Crippen LogP contribution < -0.4 is 10.0 Å². The van der Waals surface area contributed by atoms with E-state index in [0.717, 1.165) is 71.9 Å². The fraction of sp³-hybridized carbons (Fsp3) is 0.368. The summed E-state index contributed by atoms with van der Waals surface area (Å²) in [4.78, 5) is 23.6. The summed E-state index contributed by atoms with van der Waals surface area (Å²) in [6, 6.07) is -0.0493. The zero-order valence-electron chi connectivity index (χ0n) is 15.6. The van der Waals surface area contributed by atoms with Gasteiger partial charge in [0.1, 0.15) is 11.3 Å². The highest BCUT2D eigenvalue weighted by Gasteiger charge is 2.30. The van der Waals surface area contributed by atoms with E-state index in [4.69, 9.17) is 21.1 Å². The lowest BCUT2D eigenvalue weighted by Crippen LogP contribution is -2.34. The molecule has 8 nitrogen and oxygen atoms in total. The zero-order valence-corrected chi connectivity index (χ0v) is 17.2. The van der Waals surface area contributed by atoms with Crippen molar-refractivity contribution in [3.05, 3.63) is 44.7 Å². The summed E-state index contributed by atoms with van der Waals surface area (Å²) in [5.74, 6) is -1.38. The first kappa shape index (κ1) is 19.8. The number of anilines is 1. The number of aryl methyl sites for hydroxylation is 1. The third-order valence-electron chi connectivity index (χ3n) is 5.43. The van der Waals surface area contributed by atoms with Gasteiger partial charge in [0, 0.05) is 16.8 Å². The average molecular weight is 439 g/mol. The number of aromatic carboxylic acids is 1. The number of sulfonamides is 1. The van der Waals surface area contributed by atoms with Crippen molar-refractivity contribution in [3.8, 4) is 0 Å². The number of carbonyl (C=O) groups is 2. The number of furan rings is 1. The summed E-state index contributed by atoms with van der Waals surface area (Å²) in [7, 11) is -4.37. The van der Waals surface area contributed by atoms with Crippen LogP contribution in [0.4, 0.5) is 10.5 Å². The van der Waals surface area contributed by atoms with Gasteiger partial charge in [0.25, 0.3) is 10.0 Å². The predicted octanol–water partition coefficient (Wildman–Crippen LogP) is 3.43. The smallest absolute Gasteiger partial charge is 0.339 e. The van der Waals surface area contributed by atoms with Gasteiger partial charge in [-0.1, -0.05) is 11.6 Å². The maximum atomic E-state index is 12.5. The van der Waals surface area contributed by atoms with Crippen LogP contribution in [0.15, 0.2) is 15.6 Å². The van der Waals surface area contributed by atoms with Gasteiger partial charge in [0.05, 0.1) is 0 Å². The number of amides is 2. The lowest BCUT2D eigenvalue weighted by molar-refractivity contribution is 0.0695. The SMILES string of the molecule is Cc1oc(S(=O)(=O)NC(=O)Nc2c3c(c(Cl)c4c2CCC4)CCC3)cc1C(=O)O. The molecule has 3 N–H and O–H groups in total. The molecule has 0 bridgehead atoms. The minimum absolute atomic E-state index is 0.0633. The van der Waals surface area contributed by atoms with Crippen LogP contribution in [0.2, 0.25) is 5.02 Å². The van der Waals surface area contributed by atoms with Crippen LogP contribution in [0, 0.1) is 6.92 Å². The molecule has 4 rings (SSSR count). The van der Waals surface area contributed by atoms with Crippen molar-refractivity contribution in [2.45, 2.75) is 50.5 Å². The number of benzene rings is 1. The number of carbonyl (C=O) groups excluding carboxylic acids is 1. The molecule has 29 heavy (non-hydrogen) atoms. The van der Waals surface area contributed by atoms with Gasteiger partial charge in [0.2, 0.25) is 5.09 Å². The minimum atomic E-state index is -4.37. The van der Waals surface area contributed by atoms with E-state index in [1.54, 1.807) is 0 Å². The Morgan fingerprint density at radius 1 is 1.07 bits per heavy atom. The Bertz CT molecular complexity index is 1120. The summed E-state index contributed by atoms with van der Waals surface area (Å²) >= 11 is 6.55. The number of rotatable bonds is 4. The molecule has 0 saturated heterocycles. The molecular formula is C19H19ClN2O6S. The van der Waals surface area contributed by atoms with Crippen molar-refractivity contribution in [2.75, 3.05) is 5.32 Å². The van der Waals surface area contributed by atoms with E-state index in [1.165, 1.54) is 6.92 Å². The van der Waals surface area contributed by atoms with Gasteiger partial charge in [-0.05, 0) is 67.7 Å². The third kappa shape index (κ3) is 3.38. The Morgan fingerprint density at radius 3 is 2.14 bits per heavy atom. The van der Waals surface area contributed by atoms with Crippen LogP contribution in [0.5, 0.6) is 0 Å². The summed E-state index contributed by atoms with van der Waals surface area (Å²) in [6.45, 7) is 1.34. The van der Waals surface area contributed by atoms with E-state index in [2.05, 4.69) is 5.32 Å². The number of halogens is 1. The van der Waals surface area contributed by atoms with Crippen molar-refractivity contribution in [2.24, 2.45) is 0 Å². The molecule has 1 heterocycles. The first-order valence-corrected chi connectivity index (χ1v) is 11.1. The average Bonchev–Trinajstić information content (AvgIpc) is 3.36. The summed E-state index contributed by atoms with van der Waals surface area (Å²) in [6.07, 6.45) is 5.06. The van der Waals surface area contributed by atoms with Crippen LogP contribution in [-0.2, 0) is 35.7 Å². The highest BCUT2D eigenvalue weighted by atomic mass is 35.5. The molecule has 2 aromatic rings. The van der Waals surface area contributed by atoms with Crippen LogP contribution >= 0.6 is 11.6 Å². The molecule has 2 aliphatic rings. The van der Waals surface area contributed by atoms with Crippen molar-refractivity contribution in [1.29, 1.82) is 0 Å². The molecule has 1 aromatic carbocycles. The Labute approximate surface area is 172 Å². The van der Waals surface area contributed by atoms with Crippen LogP contribution in [0.3, 0.4) is 0 Å². The van der Waals surface area contributed by atoms with Gasteiger partial charge in [-0.3, -0.25) is 0 Å². The van der Waals surface area contributed by atoms with Crippen molar-refractivity contribution < 1.29 is 27.5 Å². The summed E-state index contributed by atoms with van der Waals surface area (Å²) in [5.41, 5.74) is 4.34. The molecule has 0 saturated carbocycles. The van der Waals surface area contributed by atoms with Gasteiger partial charge >= 0.3 is 12.0 Å². The lowest BCUT2D eigenvalue weighted by Gasteiger charge is -2.18. The third-order valence-corrected chi connectivity index (χ3v) is 7.07. The first-order chi connectivity index (χ1) is 13.7. The fourth-order valence-electron chi connectivity index (χ4n) is 4.15. The number of carboxylic acids is 1. The molecule has 2 amide bonds. The number of carboxylic acid groups (broad SMARTS) is 1. The largest absolute Gasteiger partial charge is 0.478 e. The summed E-state index contributed by atoms with van der Waals surface area (Å²) in [5, 5.41) is 11.9. The number of hydrogen-bond acceptors (Lipinski definition) is 5. The van der Waals surface area contributed by atoms with E-state index < -0.39 is 27.1 Å². The molecule has 0 spiro atoms. The highest BCUT2D eigenvalue weighted by Crippen LogP contribution is 2.44. The Hall–Kier alpha value is -2.52. The second-order valence-electron chi connectivity index (χ2n) is 7.21. The molecule has 0 aliphatic heterocycles. The molecular weight excluding hydrogens is 420 g/mol. The van der Waals surface area contributed by atoms with Gasteiger partial charge in [0.15, 0.2) is 0 Å². The maximum absolute atomic E-state index is 12.5. The zero-order chi connectivity index (χ0) is 20.9. The van der Waals surface area contributed by atoms with Crippen molar-refractivity contribution in [3.63, 3.8) is 0 Å². The summed E-state index contributed by atoms with van der Waals surface area (Å²) < 4.78 is 31.9. The first-order valence-electron chi connectivity index (χ1n) is 9.21. The molecule has 0 unspecified atom stereocenters. The molecule has 0 atom stereocenters. The number of nitrogens with one attached hydrogen (secondary N) is 2. The quantitative estimate of drug-likeness (QED) is 0.671. The van der Waals surface area contributed by atoms with Gasteiger partial charge in [-0.2, -0.15) is 8.42 Å². The van der Waals surface area contributed by atoms with E-state index in [1.807, 2.05) is 4.72 Å². The van der Waals surface area contributed by atoms with Crippen LogP contribution in [0.25, 0.3) is 0 Å². The van der Waals surface area contributed by atoms with Crippen LogP contribution in [-0.4, -0.2) is 25.5 Å². The lowest BCUT2D eigenvalue weighted by atomic mass is 9.98. The predicted molar refractivity (Wildman–Crippen MR) is 105 cm³/mol. The second kappa shape index (κ2) is 7.07. The van der Waals surface area contributed by atoms with Crippen molar-refractivity contribution in [1.82, 2.24) is 4.72 Å². The van der Waals surface area contributed by atoms with Gasteiger partial charge in [-0.15, -0.1) is 0 Å². The minimum Gasteiger partial charge on any atom is -0.478 e. The molecule has 154 valence electrons. The molecule has 0 fully saturated rings. The molecule has 0 radical (unpaired) electrons. The normalized spacial score (nSPS) is 15.1. The van der Waals surface area contributed by atoms with Crippen molar-refractivity contribution >= 4 is 39.3 Å². The Morgan fingerprint density at radius 2 is 1.62 bits per heavy atom. The van der Waals surface area contributed by atoms with Crippen LogP contribution in [0.1, 0.15) is 51.2 Å². The monoisotopic (exact) mass is 438 g/mol. The maximum Gasteiger partial charge on any atom is 0.339 e. The Balaban J connectivity index is 1.61. The van der Waals surface area contributed by atoms with E-state index >= 15 is 0 Å². The standard InChI is InChI=1S/C19H19ClN2O6S/c1-9-14(18(23)24)8-15(28-9)29(26,27)22-19(25)21-17-12-6-2-4-10(12)16(20)11-5-3-7-13(11)17/h8H,2-7H2,1H3,(H,23,24)(H2,21,22,25). The molecule has 1 aromatic heterocycles. The topological polar surface area (TPSA) is 126 Å². The molecule has 10 heteroatoms. The van der Waals surface area contributed by atoms with Gasteiger partial charge < -0.3 is 14.8 Å². The Kier molecular flexibility index (Phi) is 4.82. The second-order valence-corrected chi connectivity index (χ2v) is 9.20. The molecule has 2 aliphatic carbocycles. The van der Waals surface area contributed by atoms with Gasteiger partial charge in [-0.25, -0.2) is 14.3 Å². The highest BCUT2D eigenvalue weighted by molar-refractivity contribution is 7.89. The van der Waals surface area contributed by atoms with E-state index in [0.29, 0.717) is 5.69 Å². The fourth-order valence-corrected chi connectivity index (χ4v) is 5.47. The number of fused-ring (bicyclic) bond motifs is 2. The van der Waals surface area contributed by atoms with E-state index in [-0.39, 0.29) is 11.3 Å². The van der Waals surface area contributed by atoms with E-state index in [9.17, 15) is 18.0 Å². The number of hydrogen-bond donors (Lipinski definition) is 3.